The maximum absolute atomic E-state index is 3.42. The van der Waals surface area contributed by atoms with Crippen molar-refractivity contribution in [2.24, 2.45) is 5.92 Å². The molecule has 1 N–H and O–H groups in total. The van der Waals surface area contributed by atoms with Crippen molar-refractivity contribution in [3.63, 3.8) is 0 Å². The van der Waals surface area contributed by atoms with Crippen molar-refractivity contribution in [2.45, 2.75) is 38.5 Å². The molecule has 0 amide bonds. The highest BCUT2D eigenvalue weighted by molar-refractivity contribution is 4.70. The first kappa shape index (κ1) is 14.3. The predicted molar refractivity (Wildman–Crippen MR) is 78.0 cm³/mol. The fourth-order valence-electron chi connectivity index (χ4n) is 3.24. The van der Waals surface area contributed by atoms with Gasteiger partial charge < -0.3 is 10.2 Å². The van der Waals surface area contributed by atoms with E-state index in [1.807, 2.05) is 0 Å². The van der Waals surface area contributed by atoms with Gasteiger partial charge in [-0.3, -0.25) is 4.90 Å². The SMILES string of the molecule is CN(CCC1CCCCC1)CCN1CCNCC1. The van der Waals surface area contributed by atoms with E-state index in [9.17, 15) is 0 Å². The van der Waals surface area contributed by atoms with Crippen molar-refractivity contribution in [1.82, 2.24) is 15.1 Å². The molecule has 2 fully saturated rings. The highest BCUT2D eigenvalue weighted by Gasteiger charge is 2.14. The minimum Gasteiger partial charge on any atom is -0.314 e. The van der Waals surface area contributed by atoms with E-state index < -0.39 is 0 Å². The third-order valence-corrected chi connectivity index (χ3v) is 4.65. The van der Waals surface area contributed by atoms with Gasteiger partial charge in [0.05, 0.1) is 0 Å². The first-order valence-electron chi connectivity index (χ1n) is 7.96. The Morgan fingerprint density at radius 3 is 2.50 bits per heavy atom. The van der Waals surface area contributed by atoms with Crippen molar-refractivity contribution >= 4 is 0 Å². The molecule has 0 aromatic carbocycles. The Kier molecular flexibility index (Phi) is 6.46. The molecule has 0 spiro atoms. The molecule has 0 bridgehead atoms. The largest absolute Gasteiger partial charge is 0.314 e. The molecule has 18 heavy (non-hydrogen) atoms. The molecular formula is C15H31N3. The number of rotatable bonds is 6. The number of piperazine rings is 1. The summed E-state index contributed by atoms with van der Waals surface area (Å²) in [6, 6.07) is 0. The van der Waals surface area contributed by atoms with Gasteiger partial charge in [-0.1, -0.05) is 32.1 Å². The first-order valence-corrected chi connectivity index (χ1v) is 7.96. The molecular weight excluding hydrogens is 222 g/mol. The molecule has 1 saturated heterocycles. The van der Waals surface area contributed by atoms with Crippen LogP contribution in [0.1, 0.15) is 38.5 Å². The van der Waals surface area contributed by atoms with Gasteiger partial charge in [0.15, 0.2) is 0 Å². The van der Waals surface area contributed by atoms with E-state index in [0.29, 0.717) is 0 Å². The van der Waals surface area contributed by atoms with Crippen molar-refractivity contribution in [3.8, 4) is 0 Å². The number of nitrogens with one attached hydrogen (secondary N) is 1. The van der Waals surface area contributed by atoms with Crippen LogP contribution in [0.3, 0.4) is 0 Å². The van der Waals surface area contributed by atoms with Gasteiger partial charge in [-0.2, -0.15) is 0 Å². The van der Waals surface area contributed by atoms with Crippen molar-refractivity contribution in [1.29, 1.82) is 0 Å². The van der Waals surface area contributed by atoms with Gasteiger partial charge in [0.1, 0.15) is 0 Å². The van der Waals surface area contributed by atoms with Crippen LogP contribution in [0, 0.1) is 5.92 Å². The minimum atomic E-state index is 1.03. The Balaban J connectivity index is 1.52. The molecule has 1 saturated carbocycles. The summed E-state index contributed by atoms with van der Waals surface area (Å²) >= 11 is 0. The monoisotopic (exact) mass is 253 g/mol. The second kappa shape index (κ2) is 8.13. The highest BCUT2D eigenvalue weighted by Crippen LogP contribution is 2.26. The topological polar surface area (TPSA) is 18.5 Å². The molecule has 0 unspecified atom stereocenters. The Morgan fingerprint density at radius 1 is 1.06 bits per heavy atom. The fraction of sp³-hybridized carbons (Fsp3) is 1.00. The summed E-state index contributed by atoms with van der Waals surface area (Å²) < 4.78 is 0. The molecule has 0 radical (unpaired) electrons. The molecule has 0 aromatic heterocycles. The molecule has 1 heterocycles. The van der Waals surface area contributed by atoms with Crippen LogP contribution < -0.4 is 5.32 Å². The first-order chi connectivity index (χ1) is 8.84. The Bertz CT molecular complexity index is 186. The third kappa shape index (κ3) is 5.25. The number of hydrogen-bond acceptors (Lipinski definition) is 3. The van der Waals surface area contributed by atoms with Crippen LogP contribution >= 0.6 is 0 Å². The van der Waals surface area contributed by atoms with E-state index in [4.69, 9.17) is 0 Å². The molecule has 3 nitrogen and oxygen atoms in total. The molecule has 2 rings (SSSR count). The van der Waals surface area contributed by atoms with Crippen molar-refractivity contribution < 1.29 is 0 Å². The summed E-state index contributed by atoms with van der Waals surface area (Å²) in [4.78, 5) is 5.13. The third-order valence-electron chi connectivity index (χ3n) is 4.65. The number of nitrogens with zero attached hydrogens (tertiary/aromatic N) is 2. The zero-order chi connectivity index (χ0) is 12.6. The Labute approximate surface area is 113 Å². The van der Waals surface area contributed by atoms with Gasteiger partial charge in [-0.05, 0) is 25.9 Å². The average molecular weight is 253 g/mol. The van der Waals surface area contributed by atoms with Crippen molar-refractivity contribution in [3.05, 3.63) is 0 Å². The quantitative estimate of drug-likeness (QED) is 0.778. The van der Waals surface area contributed by atoms with E-state index in [1.165, 1.54) is 84.3 Å². The van der Waals surface area contributed by atoms with Gasteiger partial charge in [-0.15, -0.1) is 0 Å². The van der Waals surface area contributed by atoms with E-state index in [0.717, 1.165) is 5.92 Å². The zero-order valence-corrected chi connectivity index (χ0v) is 12.2. The number of hydrogen-bond donors (Lipinski definition) is 1. The van der Waals surface area contributed by atoms with Gasteiger partial charge in [0.2, 0.25) is 0 Å². The number of likely N-dealkylation sites (N-methyl/N-ethyl adjacent to an activating group) is 1. The van der Waals surface area contributed by atoms with Crippen LogP contribution in [0.25, 0.3) is 0 Å². The predicted octanol–water partition coefficient (Wildman–Crippen LogP) is 1.79. The molecule has 2 aliphatic rings. The van der Waals surface area contributed by atoms with E-state index >= 15 is 0 Å². The molecule has 1 aliphatic heterocycles. The highest BCUT2D eigenvalue weighted by atomic mass is 15.2. The summed E-state index contributed by atoms with van der Waals surface area (Å²) in [5, 5.41) is 3.42. The van der Waals surface area contributed by atoms with Crippen LogP contribution in [0.15, 0.2) is 0 Å². The molecule has 0 atom stereocenters. The van der Waals surface area contributed by atoms with E-state index in [1.54, 1.807) is 0 Å². The maximum Gasteiger partial charge on any atom is 0.0110 e. The summed E-state index contributed by atoms with van der Waals surface area (Å²) in [6.07, 6.45) is 8.86. The molecule has 3 heteroatoms. The minimum absolute atomic E-state index is 1.03. The second-order valence-corrected chi connectivity index (χ2v) is 6.19. The normalized spacial score (nSPS) is 23.7. The lowest BCUT2D eigenvalue weighted by molar-refractivity contribution is 0.195. The lowest BCUT2D eigenvalue weighted by atomic mass is 9.87. The van der Waals surface area contributed by atoms with E-state index in [2.05, 4.69) is 22.2 Å². The summed E-state index contributed by atoms with van der Waals surface area (Å²) in [6.45, 7) is 8.61. The fourth-order valence-corrected chi connectivity index (χ4v) is 3.24. The summed E-state index contributed by atoms with van der Waals surface area (Å²) in [7, 11) is 2.30. The zero-order valence-electron chi connectivity index (χ0n) is 12.2. The smallest absolute Gasteiger partial charge is 0.0110 e. The molecule has 1 aliphatic carbocycles. The Morgan fingerprint density at radius 2 is 1.78 bits per heavy atom. The van der Waals surface area contributed by atoms with Gasteiger partial charge in [0.25, 0.3) is 0 Å². The standard InChI is InChI=1S/C15H31N3/c1-17(10-7-15-5-3-2-4-6-15)13-14-18-11-8-16-9-12-18/h15-16H,2-14H2,1H3. The maximum atomic E-state index is 3.42. The molecule has 106 valence electrons. The molecule has 0 aromatic rings. The summed E-state index contributed by atoms with van der Waals surface area (Å²) in [5.41, 5.74) is 0. The van der Waals surface area contributed by atoms with Crippen LogP contribution in [-0.4, -0.2) is 62.7 Å². The Hall–Kier alpha value is -0.120. The lowest BCUT2D eigenvalue weighted by Crippen LogP contribution is -2.46. The second-order valence-electron chi connectivity index (χ2n) is 6.19. The van der Waals surface area contributed by atoms with Crippen LogP contribution in [0.2, 0.25) is 0 Å². The van der Waals surface area contributed by atoms with Crippen LogP contribution in [-0.2, 0) is 0 Å². The van der Waals surface area contributed by atoms with Gasteiger partial charge >= 0.3 is 0 Å². The lowest BCUT2D eigenvalue weighted by Gasteiger charge is -2.30. The van der Waals surface area contributed by atoms with Crippen molar-refractivity contribution in [2.75, 3.05) is 52.9 Å². The van der Waals surface area contributed by atoms with E-state index in [-0.39, 0.29) is 0 Å². The van der Waals surface area contributed by atoms with Gasteiger partial charge in [0, 0.05) is 39.3 Å². The summed E-state index contributed by atoms with van der Waals surface area (Å²) in [5.74, 6) is 1.03. The van der Waals surface area contributed by atoms with Gasteiger partial charge in [-0.25, -0.2) is 0 Å². The van der Waals surface area contributed by atoms with Crippen LogP contribution in [0.5, 0.6) is 0 Å². The van der Waals surface area contributed by atoms with Crippen LogP contribution in [0.4, 0.5) is 0 Å². The average Bonchev–Trinajstić information content (AvgIpc) is 2.45.